The van der Waals surface area contributed by atoms with Gasteiger partial charge in [-0.3, -0.25) is 9.67 Å². The maximum atomic E-state index is 4.82. The highest BCUT2D eigenvalue weighted by Gasteiger charge is 2.22. The lowest BCUT2D eigenvalue weighted by Crippen LogP contribution is -2.03. The molecule has 0 fully saturated rings. The third-order valence-corrected chi connectivity index (χ3v) is 5.39. The van der Waals surface area contributed by atoms with E-state index < -0.39 is 0 Å². The first-order chi connectivity index (χ1) is 14.7. The third kappa shape index (κ3) is 3.96. The summed E-state index contributed by atoms with van der Waals surface area (Å²) in [5, 5.41) is 4.76. The van der Waals surface area contributed by atoms with Gasteiger partial charge in [0.15, 0.2) is 0 Å². The quantitative estimate of drug-likeness (QED) is 0.382. The van der Waals surface area contributed by atoms with Gasteiger partial charge in [0.1, 0.15) is 0 Å². The minimum Gasteiger partial charge on any atom is -0.330 e. The molecule has 0 amide bonds. The number of imidazole rings is 1. The van der Waals surface area contributed by atoms with E-state index >= 15 is 0 Å². The Hall–Kier alpha value is -3.47. The number of pyridine rings is 1. The van der Waals surface area contributed by atoms with Crippen molar-refractivity contribution >= 4 is 0 Å². The second-order valence-electron chi connectivity index (χ2n) is 7.48. The summed E-state index contributed by atoms with van der Waals surface area (Å²) in [4.78, 5) is 9.04. The van der Waals surface area contributed by atoms with E-state index in [1.54, 1.807) is 0 Å². The fraction of sp³-hybridized carbons (Fsp3) is 0.240. The van der Waals surface area contributed by atoms with E-state index in [2.05, 4.69) is 60.3 Å². The van der Waals surface area contributed by atoms with Gasteiger partial charge in [-0.1, -0.05) is 42.5 Å². The van der Waals surface area contributed by atoms with Crippen molar-refractivity contribution in [2.75, 3.05) is 0 Å². The minimum atomic E-state index is 0.697. The van der Waals surface area contributed by atoms with Gasteiger partial charge >= 0.3 is 0 Å². The van der Waals surface area contributed by atoms with Crippen LogP contribution < -0.4 is 0 Å². The van der Waals surface area contributed by atoms with E-state index in [1.807, 2.05) is 41.6 Å². The topological polar surface area (TPSA) is 48.5 Å². The van der Waals surface area contributed by atoms with Gasteiger partial charge < -0.3 is 4.57 Å². The van der Waals surface area contributed by atoms with Crippen LogP contribution in [0.2, 0.25) is 0 Å². The highest BCUT2D eigenvalue weighted by atomic mass is 15.3. The number of allylic oxidation sites excluding steroid dienone is 1. The van der Waals surface area contributed by atoms with Crippen LogP contribution >= 0.6 is 0 Å². The lowest BCUT2D eigenvalue weighted by atomic mass is 10.0. The summed E-state index contributed by atoms with van der Waals surface area (Å²) in [6.45, 7) is 9.65. The molecule has 0 atom stereocenters. The fourth-order valence-electron chi connectivity index (χ4n) is 3.96. The maximum Gasteiger partial charge on any atom is 0.0964 e. The number of hydrogen-bond donors (Lipinski definition) is 0. The maximum absolute atomic E-state index is 4.82. The van der Waals surface area contributed by atoms with Crippen LogP contribution in [0.15, 0.2) is 73.8 Å². The van der Waals surface area contributed by atoms with Gasteiger partial charge in [-0.15, -0.1) is 6.58 Å². The van der Waals surface area contributed by atoms with E-state index in [0.29, 0.717) is 6.54 Å². The van der Waals surface area contributed by atoms with Crippen molar-refractivity contribution in [1.29, 1.82) is 0 Å². The normalized spacial score (nSPS) is 11.0. The molecular formula is C25H27N5. The SMILES string of the molecule is C=CCn1nc(C)c(-c2c(-c3ccccc3)ncn2CCCc2cccnc2)c1C. The zero-order valence-electron chi connectivity index (χ0n) is 17.6. The zero-order chi connectivity index (χ0) is 20.9. The average Bonchev–Trinajstić information content (AvgIpc) is 3.30. The Morgan fingerprint density at radius 2 is 1.90 bits per heavy atom. The van der Waals surface area contributed by atoms with Crippen molar-refractivity contribution in [3.8, 4) is 22.5 Å². The molecule has 0 saturated carbocycles. The monoisotopic (exact) mass is 397 g/mol. The number of aryl methyl sites for hydroxylation is 3. The number of hydrogen-bond acceptors (Lipinski definition) is 3. The minimum absolute atomic E-state index is 0.697. The van der Waals surface area contributed by atoms with E-state index in [-0.39, 0.29) is 0 Å². The first kappa shape index (κ1) is 19.8. The summed E-state index contributed by atoms with van der Waals surface area (Å²) in [6.07, 6.45) is 9.60. The van der Waals surface area contributed by atoms with Gasteiger partial charge in [-0.2, -0.15) is 5.10 Å². The average molecular weight is 398 g/mol. The largest absolute Gasteiger partial charge is 0.330 e. The van der Waals surface area contributed by atoms with Crippen molar-refractivity contribution in [3.63, 3.8) is 0 Å². The van der Waals surface area contributed by atoms with Crippen molar-refractivity contribution in [2.45, 2.75) is 39.8 Å². The molecular weight excluding hydrogens is 370 g/mol. The number of aromatic nitrogens is 5. The Morgan fingerprint density at radius 1 is 1.07 bits per heavy atom. The van der Waals surface area contributed by atoms with E-state index in [4.69, 9.17) is 10.1 Å². The highest BCUT2D eigenvalue weighted by Crippen LogP contribution is 2.35. The molecule has 0 aliphatic heterocycles. The first-order valence-electron chi connectivity index (χ1n) is 10.3. The summed E-state index contributed by atoms with van der Waals surface area (Å²) in [5.41, 5.74) is 7.83. The molecule has 4 rings (SSSR count). The zero-order valence-corrected chi connectivity index (χ0v) is 17.6. The van der Waals surface area contributed by atoms with Crippen LogP contribution in [-0.2, 0) is 19.5 Å². The van der Waals surface area contributed by atoms with Gasteiger partial charge in [0.25, 0.3) is 0 Å². The molecule has 0 bridgehead atoms. The molecule has 0 aliphatic rings. The molecule has 152 valence electrons. The highest BCUT2D eigenvalue weighted by molar-refractivity contribution is 5.81. The van der Waals surface area contributed by atoms with Crippen LogP contribution in [0, 0.1) is 13.8 Å². The van der Waals surface area contributed by atoms with Gasteiger partial charge in [0, 0.05) is 35.8 Å². The van der Waals surface area contributed by atoms with Crippen molar-refractivity contribution < 1.29 is 0 Å². The molecule has 30 heavy (non-hydrogen) atoms. The smallest absolute Gasteiger partial charge is 0.0964 e. The molecule has 0 N–H and O–H groups in total. The molecule has 0 unspecified atom stereocenters. The fourth-order valence-corrected chi connectivity index (χ4v) is 3.96. The molecule has 0 radical (unpaired) electrons. The molecule has 5 heteroatoms. The van der Waals surface area contributed by atoms with Gasteiger partial charge in [0.05, 0.1) is 30.0 Å². The van der Waals surface area contributed by atoms with Crippen molar-refractivity contribution in [3.05, 3.63) is 90.8 Å². The molecule has 3 heterocycles. The summed E-state index contributed by atoms with van der Waals surface area (Å²) in [5.74, 6) is 0. The second kappa shape index (κ2) is 8.91. The van der Waals surface area contributed by atoms with Crippen LogP contribution in [-0.4, -0.2) is 24.3 Å². The molecule has 0 aliphatic carbocycles. The molecule has 4 aromatic rings. The molecule has 0 spiro atoms. The van der Waals surface area contributed by atoms with Gasteiger partial charge in [-0.05, 0) is 38.3 Å². The van der Waals surface area contributed by atoms with E-state index in [0.717, 1.165) is 53.3 Å². The number of rotatable bonds is 8. The Bertz CT molecular complexity index is 1120. The Morgan fingerprint density at radius 3 is 2.63 bits per heavy atom. The molecule has 1 aromatic carbocycles. The standard InChI is InChI=1S/C25H27N5/c1-4-15-30-20(3)23(19(2)28-30)25-24(22-12-6-5-7-13-22)27-18-29(25)16-9-11-21-10-8-14-26-17-21/h4-8,10,12-14,17-18H,1,9,11,15-16H2,2-3H3. The van der Waals surface area contributed by atoms with Crippen molar-refractivity contribution in [1.82, 2.24) is 24.3 Å². The summed E-state index contributed by atoms with van der Waals surface area (Å²) in [6, 6.07) is 14.5. The van der Waals surface area contributed by atoms with E-state index in [1.165, 1.54) is 5.56 Å². The lowest BCUT2D eigenvalue weighted by Gasteiger charge is -2.12. The van der Waals surface area contributed by atoms with Crippen LogP contribution in [0.3, 0.4) is 0 Å². The Kier molecular flexibility index (Phi) is 5.89. The Labute approximate surface area is 177 Å². The van der Waals surface area contributed by atoms with Crippen LogP contribution in [0.25, 0.3) is 22.5 Å². The summed E-state index contributed by atoms with van der Waals surface area (Å²) in [7, 11) is 0. The second-order valence-corrected chi connectivity index (χ2v) is 7.48. The van der Waals surface area contributed by atoms with Crippen LogP contribution in [0.4, 0.5) is 0 Å². The van der Waals surface area contributed by atoms with E-state index in [9.17, 15) is 0 Å². The Balaban J connectivity index is 1.73. The first-order valence-corrected chi connectivity index (χ1v) is 10.3. The number of benzene rings is 1. The lowest BCUT2D eigenvalue weighted by molar-refractivity contribution is 0.645. The van der Waals surface area contributed by atoms with Gasteiger partial charge in [-0.25, -0.2) is 4.98 Å². The van der Waals surface area contributed by atoms with Crippen LogP contribution in [0.5, 0.6) is 0 Å². The summed E-state index contributed by atoms with van der Waals surface area (Å²) < 4.78 is 4.29. The predicted molar refractivity (Wildman–Crippen MR) is 121 cm³/mol. The summed E-state index contributed by atoms with van der Waals surface area (Å²) >= 11 is 0. The third-order valence-electron chi connectivity index (χ3n) is 5.39. The molecule has 5 nitrogen and oxygen atoms in total. The van der Waals surface area contributed by atoms with Crippen LogP contribution in [0.1, 0.15) is 23.4 Å². The number of nitrogens with zero attached hydrogens (tertiary/aromatic N) is 5. The van der Waals surface area contributed by atoms with Crippen molar-refractivity contribution in [2.24, 2.45) is 0 Å². The molecule has 0 saturated heterocycles. The molecule has 3 aromatic heterocycles. The van der Waals surface area contributed by atoms with Gasteiger partial charge in [0.2, 0.25) is 0 Å². The predicted octanol–water partition coefficient (Wildman–Crippen LogP) is 5.24.